The van der Waals surface area contributed by atoms with E-state index in [0.29, 0.717) is 31.6 Å². The predicted octanol–water partition coefficient (Wildman–Crippen LogP) is 1.74. The Kier molecular flexibility index (Phi) is 8.35. The molecule has 1 N–H and O–H groups in total. The maximum atomic E-state index is 12.6. The van der Waals surface area contributed by atoms with Crippen molar-refractivity contribution in [2.45, 2.75) is 53.0 Å². The average Bonchev–Trinajstić information content (AvgIpc) is 2.64. The highest BCUT2D eigenvalue weighted by atomic mass is 16.5. The first-order chi connectivity index (χ1) is 12.4. The molecule has 2 aliphatic rings. The molecule has 2 saturated heterocycles. The van der Waals surface area contributed by atoms with Crippen LogP contribution in [0.5, 0.6) is 0 Å². The van der Waals surface area contributed by atoms with Gasteiger partial charge in [0, 0.05) is 50.6 Å². The summed E-state index contributed by atoms with van der Waals surface area (Å²) in [6.45, 7) is 13.9. The van der Waals surface area contributed by atoms with Crippen LogP contribution in [0.4, 0.5) is 0 Å². The highest BCUT2D eigenvalue weighted by Crippen LogP contribution is 2.19. The third-order valence-electron chi connectivity index (χ3n) is 5.49. The van der Waals surface area contributed by atoms with Gasteiger partial charge in [0.25, 0.3) is 0 Å². The molecule has 0 spiro atoms. The molecule has 150 valence electrons. The van der Waals surface area contributed by atoms with E-state index in [1.54, 1.807) is 0 Å². The minimum atomic E-state index is 0.0330. The lowest BCUT2D eigenvalue weighted by molar-refractivity contribution is -0.138. The number of ether oxygens (including phenoxy) is 1. The highest BCUT2D eigenvalue weighted by molar-refractivity contribution is 5.80. The summed E-state index contributed by atoms with van der Waals surface area (Å²) < 4.78 is 5.46. The van der Waals surface area contributed by atoms with E-state index in [9.17, 15) is 9.59 Å². The Hall–Kier alpha value is -1.14. The molecule has 2 heterocycles. The van der Waals surface area contributed by atoms with Crippen molar-refractivity contribution in [1.29, 1.82) is 0 Å². The number of carbonyl (C=O) groups excluding carboxylic acids is 2. The fourth-order valence-corrected chi connectivity index (χ4v) is 3.94. The van der Waals surface area contributed by atoms with Gasteiger partial charge in [-0.1, -0.05) is 27.7 Å². The Bertz CT molecular complexity index is 453. The Morgan fingerprint density at radius 3 is 2.19 bits per heavy atom. The molecule has 0 bridgehead atoms. The molecule has 1 atom stereocenters. The van der Waals surface area contributed by atoms with Crippen LogP contribution in [0.25, 0.3) is 0 Å². The van der Waals surface area contributed by atoms with E-state index in [1.807, 2.05) is 18.7 Å². The number of likely N-dealkylation sites (tertiary alicyclic amines) is 1. The summed E-state index contributed by atoms with van der Waals surface area (Å²) in [5.41, 5.74) is 0. The summed E-state index contributed by atoms with van der Waals surface area (Å²) in [4.78, 5) is 29.1. The van der Waals surface area contributed by atoms with E-state index in [0.717, 1.165) is 45.6 Å². The second-order valence-electron chi connectivity index (χ2n) is 8.43. The first-order valence-electron chi connectivity index (χ1n) is 10.3. The van der Waals surface area contributed by atoms with Gasteiger partial charge in [0.15, 0.2) is 0 Å². The molecule has 0 aromatic carbocycles. The third kappa shape index (κ3) is 6.23. The number of hydrogen-bond acceptors (Lipinski definition) is 4. The smallest absolute Gasteiger partial charge is 0.225 e. The molecule has 0 aromatic heterocycles. The van der Waals surface area contributed by atoms with Crippen molar-refractivity contribution < 1.29 is 14.3 Å². The Morgan fingerprint density at radius 2 is 1.65 bits per heavy atom. The van der Waals surface area contributed by atoms with Crippen LogP contribution in [0.3, 0.4) is 0 Å². The number of rotatable bonds is 7. The number of carbonyl (C=O) groups is 2. The van der Waals surface area contributed by atoms with Gasteiger partial charge in [-0.05, 0) is 25.2 Å². The van der Waals surface area contributed by atoms with Crippen LogP contribution in [-0.2, 0) is 14.3 Å². The number of nitrogens with zero attached hydrogens (tertiary/aromatic N) is 2. The average molecular weight is 368 g/mol. The molecule has 2 rings (SSSR count). The van der Waals surface area contributed by atoms with Gasteiger partial charge in [0.2, 0.25) is 11.8 Å². The second kappa shape index (κ2) is 10.3. The molecule has 6 nitrogen and oxygen atoms in total. The van der Waals surface area contributed by atoms with Crippen LogP contribution in [0, 0.1) is 17.8 Å². The van der Waals surface area contributed by atoms with E-state index in [4.69, 9.17) is 4.74 Å². The van der Waals surface area contributed by atoms with Crippen molar-refractivity contribution in [3.05, 3.63) is 0 Å². The molecule has 6 heteroatoms. The summed E-state index contributed by atoms with van der Waals surface area (Å²) in [5, 5.41) is 3.20. The first-order valence-corrected chi connectivity index (χ1v) is 10.3. The van der Waals surface area contributed by atoms with Crippen molar-refractivity contribution in [3.8, 4) is 0 Å². The van der Waals surface area contributed by atoms with E-state index in [2.05, 4.69) is 24.1 Å². The van der Waals surface area contributed by atoms with Crippen LogP contribution in [0.2, 0.25) is 0 Å². The second-order valence-corrected chi connectivity index (χ2v) is 8.43. The summed E-state index contributed by atoms with van der Waals surface area (Å²) in [5.74, 6) is 1.03. The summed E-state index contributed by atoms with van der Waals surface area (Å²) >= 11 is 0. The van der Waals surface area contributed by atoms with Gasteiger partial charge >= 0.3 is 0 Å². The lowest BCUT2D eigenvalue weighted by Gasteiger charge is -2.36. The van der Waals surface area contributed by atoms with Gasteiger partial charge in [-0.25, -0.2) is 0 Å². The molecule has 0 saturated carbocycles. The van der Waals surface area contributed by atoms with E-state index in [1.165, 1.54) is 0 Å². The molecular formula is C20H37N3O3. The number of amides is 2. The molecule has 0 aromatic rings. The monoisotopic (exact) mass is 367 g/mol. The number of nitrogens with one attached hydrogen (secondary N) is 1. The summed E-state index contributed by atoms with van der Waals surface area (Å²) in [6.07, 6.45) is 2.63. The normalized spacial score (nSPS) is 21.2. The van der Waals surface area contributed by atoms with Crippen LogP contribution in [0.1, 0.15) is 47.0 Å². The van der Waals surface area contributed by atoms with Crippen LogP contribution in [0.15, 0.2) is 0 Å². The largest absolute Gasteiger partial charge is 0.379 e. The van der Waals surface area contributed by atoms with E-state index in [-0.39, 0.29) is 23.7 Å². The minimum absolute atomic E-state index is 0.0330. The van der Waals surface area contributed by atoms with E-state index >= 15 is 0 Å². The zero-order valence-electron chi connectivity index (χ0n) is 17.0. The summed E-state index contributed by atoms with van der Waals surface area (Å²) in [7, 11) is 0. The van der Waals surface area contributed by atoms with Crippen molar-refractivity contribution in [2.75, 3.05) is 45.9 Å². The highest BCUT2D eigenvalue weighted by Gasteiger charge is 2.29. The van der Waals surface area contributed by atoms with E-state index < -0.39 is 0 Å². The van der Waals surface area contributed by atoms with Crippen LogP contribution in [-0.4, -0.2) is 73.6 Å². The van der Waals surface area contributed by atoms with Gasteiger partial charge in [-0.2, -0.15) is 0 Å². The predicted molar refractivity (Wildman–Crippen MR) is 103 cm³/mol. The lowest BCUT2D eigenvalue weighted by atomic mass is 9.94. The molecule has 0 aliphatic carbocycles. The Labute approximate surface area is 158 Å². The van der Waals surface area contributed by atoms with Crippen LogP contribution < -0.4 is 5.32 Å². The van der Waals surface area contributed by atoms with Crippen molar-refractivity contribution in [2.24, 2.45) is 17.8 Å². The number of morpholine rings is 1. The SMILES string of the molecule is CC(C)CC(CNC(=O)C1CCN(C(=O)C(C)C)CC1)N1CCOCC1. The van der Waals surface area contributed by atoms with Crippen molar-refractivity contribution >= 4 is 11.8 Å². The molecule has 2 amide bonds. The van der Waals surface area contributed by atoms with Crippen molar-refractivity contribution in [1.82, 2.24) is 15.1 Å². The van der Waals surface area contributed by atoms with Gasteiger partial charge in [-0.15, -0.1) is 0 Å². The number of piperidine rings is 1. The quantitative estimate of drug-likeness (QED) is 0.745. The summed E-state index contributed by atoms with van der Waals surface area (Å²) in [6, 6.07) is 0.380. The fraction of sp³-hybridized carbons (Fsp3) is 0.900. The molecule has 26 heavy (non-hydrogen) atoms. The van der Waals surface area contributed by atoms with Gasteiger partial charge < -0.3 is 15.0 Å². The van der Waals surface area contributed by atoms with Crippen molar-refractivity contribution in [3.63, 3.8) is 0 Å². The zero-order chi connectivity index (χ0) is 19.1. The van der Waals surface area contributed by atoms with Gasteiger partial charge in [0.1, 0.15) is 0 Å². The lowest BCUT2D eigenvalue weighted by Crippen LogP contribution is -2.51. The van der Waals surface area contributed by atoms with Gasteiger partial charge in [-0.3, -0.25) is 14.5 Å². The fourth-order valence-electron chi connectivity index (χ4n) is 3.94. The third-order valence-corrected chi connectivity index (χ3v) is 5.49. The maximum absolute atomic E-state index is 12.6. The first kappa shape index (κ1) is 21.2. The Balaban J connectivity index is 1.79. The topological polar surface area (TPSA) is 61.9 Å². The van der Waals surface area contributed by atoms with Crippen LogP contribution >= 0.6 is 0 Å². The molecule has 0 radical (unpaired) electrons. The molecular weight excluding hydrogens is 330 g/mol. The standard InChI is InChI=1S/C20H37N3O3/c1-15(2)13-18(22-9-11-26-12-10-22)14-21-19(24)17-5-7-23(8-6-17)20(25)16(3)4/h15-18H,5-14H2,1-4H3,(H,21,24). The molecule has 2 fully saturated rings. The van der Waals surface area contributed by atoms with Gasteiger partial charge in [0.05, 0.1) is 13.2 Å². The molecule has 2 aliphatic heterocycles. The Morgan fingerprint density at radius 1 is 1.04 bits per heavy atom. The molecule has 1 unspecified atom stereocenters. The zero-order valence-corrected chi connectivity index (χ0v) is 17.0. The number of hydrogen-bond donors (Lipinski definition) is 1. The minimum Gasteiger partial charge on any atom is -0.379 e. The maximum Gasteiger partial charge on any atom is 0.225 e.